The molecule has 0 aromatic heterocycles. The molecular formula is C13H15NO5. The molecule has 6 heteroatoms. The maximum atomic E-state index is 9.55. The van der Waals surface area contributed by atoms with E-state index < -0.39 is 11.9 Å². The predicted molar refractivity (Wildman–Crippen MR) is 69.8 cm³/mol. The molecule has 0 amide bonds. The minimum Gasteiger partial charge on any atom is -0.478 e. The summed E-state index contributed by atoms with van der Waals surface area (Å²) in [5.41, 5.74) is 1.14. The van der Waals surface area contributed by atoms with Crippen LogP contribution in [0.3, 0.4) is 0 Å². The van der Waals surface area contributed by atoms with Crippen molar-refractivity contribution in [2.24, 2.45) is 5.16 Å². The van der Waals surface area contributed by atoms with Gasteiger partial charge in [0.25, 0.3) is 0 Å². The number of hydrogen-bond acceptors (Lipinski definition) is 4. The molecule has 0 unspecified atom stereocenters. The van der Waals surface area contributed by atoms with Crippen LogP contribution in [0.5, 0.6) is 0 Å². The van der Waals surface area contributed by atoms with Crippen molar-refractivity contribution >= 4 is 18.2 Å². The van der Waals surface area contributed by atoms with Gasteiger partial charge in [-0.2, -0.15) is 0 Å². The maximum absolute atomic E-state index is 9.55. The normalized spacial score (nSPS) is 9.95. The molecule has 102 valence electrons. The second-order valence-corrected chi connectivity index (χ2v) is 3.13. The third-order valence-electron chi connectivity index (χ3n) is 1.62. The lowest BCUT2D eigenvalue weighted by Gasteiger charge is -1.97. The van der Waals surface area contributed by atoms with Gasteiger partial charge in [-0.25, -0.2) is 9.59 Å². The summed E-state index contributed by atoms with van der Waals surface area (Å²) >= 11 is 0. The van der Waals surface area contributed by atoms with E-state index in [2.05, 4.69) is 5.16 Å². The summed E-state index contributed by atoms with van der Waals surface area (Å²) in [6.45, 7) is 2.37. The maximum Gasteiger partial charge on any atom is 0.328 e. The topological polar surface area (TPSA) is 96.2 Å². The molecule has 0 spiro atoms. The van der Waals surface area contributed by atoms with Crippen LogP contribution in [0, 0.1) is 0 Å². The zero-order valence-electron chi connectivity index (χ0n) is 10.4. The molecule has 0 saturated carbocycles. The molecule has 1 aromatic carbocycles. The van der Waals surface area contributed by atoms with Gasteiger partial charge in [-0.1, -0.05) is 35.5 Å². The largest absolute Gasteiger partial charge is 0.478 e. The van der Waals surface area contributed by atoms with Crippen LogP contribution in [0.25, 0.3) is 0 Å². The molecule has 0 heterocycles. The number of carboxylic acid groups (broad SMARTS) is 2. The third-order valence-corrected chi connectivity index (χ3v) is 1.62. The Morgan fingerprint density at radius 1 is 1.16 bits per heavy atom. The molecule has 0 aliphatic carbocycles. The molecule has 6 nitrogen and oxygen atoms in total. The van der Waals surface area contributed by atoms with Gasteiger partial charge in [-0.3, -0.25) is 0 Å². The molecule has 1 aromatic rings. The molecule has 0 aliphatic heterocycles. The minimum absolute atomic E-state index is 0.547. The Labute approximate surface area is 110 Å². The molecule has 0 atom stereocenters. The van der Waals surface area contributed by atoms with Gasteiger partial charge in [0.1, 0.15) is 6.61 Å². The van der Waals surface area contributed by atoms with Crippen molar-refractivity contribution in [3.05, 3.63) is 48.0 Å². The summed E-state index contributed by atoms with van der Waals surface area (Å²) in [7, 11) is 0. The third kappa shape index (κ3) is 11.6. The molecule has 0 saturated heterocycles. The summed E-state index contributed by atoms with van der Waals surface area (Å²) < 4.78 is 0. The number of hydrogen-bond donors (Lipinski definition) is 2. The lowest BCUT2D eigenvalue weighted by atomic mass is 10.2. The van der Waals surface area contributed by atoms with Crippen molar-refractivity contribution in [2.75, 3.05) is 0 Å². The summed E-state index contributed by atoms with van der Waals surface area (Å²) in [5, 5.41) is 19.3. The van der Waals surface area contributed by atoms with Crippen molar-refractivity contribution in [2.45, 2.75) is 13.5 Å². The highest BCUT2D eigenvalue weighted by molar-refractivity contribution is 5.89. The van der Waals surface area contributed by atoms with E-state index in [9.17, 15) is 9.59 Å². The SMILES string of the molecule is CC=NOCc1ccccc1.O=C(O)C=CC(=O)O. The van der Waals surface area contributed by atoms with E-state index in [0.717, 1.165) is 5.56 Å². The molecule has 0 fully saturated rings. The van der Waals surface area contributed by atoms with E-state index in [1.165, 1.54) is 0 Å². The quantitative estimate of drug-likeness (QED) is 0.481. The number of benzene rings is 1. The Morgan fingerprint density at radius 3 is 2.11 bits per heavy atom. The van der Waals surface area contributed by atoms with Gasteiger partial charge in [0, 0.05) is 18.4 Å². The lowest BCUT2D eigenvalue weighted by molar-refractivity contribution is -0.134. The summed E-state index contributed by atoms with van der Waals surface area (Å²) in [6.07, 6.45) is 2.74. The zero-order chi connectivity index (χ0) is 14.5. The van der Waals surface area contributed by atoms with Gasteiger partial charge in [0.2, 0.25) is 0 Å². The minimum atomic E-state index is -1.26. The first-order chi connectivity index (χ1) is 9.06. The highest BCUT2D eigenvalue weighted by Crippen LogP contribution is 1.99. The average Bonchev–Trinajstić information content (AvgIpc) is 2.39. The molecule has 19 heavy (non-hydrogen) atoms. The van der Waals surface area contributed by atoms with Crippen LogP contribution < -0.4 is 0 Å². The number of oxime groups is 1. The number of carboxylic acids is 2. The number of rotatable bonds is 5. The van der Waals surface area contributed by atoms with Gasteiger partial charge in [0.05, 0.1) is 0 Å². The van der Waals surface area contributed by atoms with E-state index in [-0.39, 0.29) is 0 Å². The summed E-state index contributed by atoms with van der Waals surface area (Å²) in [6, 6.07) is 9.95. The van der Waals surface area contributed by atoms with Gasteiger partial charge in [-0.05, 0) is 12.5 Å². The number of aliphatic carboxylic acids is 2. The van der Waals surface area contributed by atoms with Crippen LogP contribution in [0.4, 0.5) is 0 Å². The predicted octanol–water partition coefficient (Wildman–Crippen LogP) is 1.92. The Bertz CT molecular complexity index is 424. The van der Waals surface area contributed by atoms with Gasteiger partial charge >= 0.3 is 11.9 Å². The van der Waals surface area contributed by atoms with Crippen LogP contribution in [-0.4, -0.2) is 28.4 Å². The zero-order valence-corrected chi connectivity index (χ0v) is 10.4. The van der Waals surface area contributed by atoms with Crippen LogP contribution in [0.2, 0.25) is 0 Å². The van der Waals surface area contributed by atoms with E-state index >= 15 is 0 Å². The second kappa shape index (κ2) is 10.5. The highest BCUT2D eigenvalue weighted by Gasteiger charge is 1.88. The van der Waals surface area contributed by atoms with E-state index in [0.29, 0.717) is 18.8 Å². The molecule has 0 radical (unpaired) electrons. The van der Waals surface area contributed by atoms with Crippen molar-refractivity contribution in [1.29, 1.82) is 0 Å². The van der Waals surface area contributed by atoms with Crippen LogP contribution in [-0.2, 0) is 21.0 Å². The van der Waals surface area contributed by atoms with Crippen molar-refractivity contribution in [3.8, 4) is 0 Å². The van der Waals surface area contributed by atoms with Crippen LogP contribution in [0.1, 0.15) is 12.5 Å². The van der Waals surface area contributed by atoms with E-state index in [1.54, 1.807) is 6.21 Å². The lowest BCUT2D eigenvalue weighted by Crippen LogP contribution is -1.91. The highest BCUT2D eigenvalue weighted by atomic mass is 16.6. The second-order valence-electron chi connectivity index (χ2n) is 3.13. The van der Waals surface area contributed by atoms with Gasteiger partial charge in [-0.15, -0.1) is 0 Å². The van der Waals surface area contributed by atoms with E-state index in [1.807, 2.05) is 37.3 Å². The van der Waals surface area contributed by atoms with Crippen molar-refractivity contribution in [3.63, 3.8) is 0 Å². The number of carbonyl (C=O) groups is 2. The monoisotopic (exact) mass is 265 g/mol. The van der Waals surface area contributed by atoms with Gasteiger partial charge < -0.3 is 15.1 Å². The Hall–Kier alpha value is -2.63. The van der Waals surface area contributed by atoms with Crippen molar-refractivity contribution in [1.82, 2.24) is 0 Å². The fourth-order valence-corrected chi connectivity index (χ4v) is 0.903. The smallest absolute Gasteiger partial charge is 0.328 e. The molecule has 0 bridgehead atoms. The first-order valence-electron chi connectivity index (χ1n) is 5.34. The van der Waals surface area contributed by atoms with E-state index in [4.69, 9.17) is 15.1 Å². The fourth-order valence-electron chi connectivity index (χ4n) is 0.903. The number of nitrogens with zero attached hydrogens (tertiary/aromatic N) is 1. The Balaban J connectivity index is 0.000000362. The first-order valence-corrected chi connectivity index (χ1v) is 5.34. The first kappa shape index (κ1) is 16.4. The molecule has 1 rings (SSSR count). The van der Waals surface area contributed by atoms with Gasteiger partial charge in [0.15, 0.2) is 0 Å². The molecular weight excluding hydrogens is 250 g/mol. The Morgan fingerprint density at radius 2 is 1.68 bits per heavy atom. The van der Waals surface area contributed by atoms with Crippen molar-refractivity contribution < 1.29 is 24.6 Å². The molecule has 2 N–H and O–H groups in total. The average molecular weight is 265 g/mol. The summed E-state index contributed by atoms with van der Waals surface area (Å²) in [5.74, 6) is -2.51. The standard InChI is InChI=1S/C9H11NO.C4H4O4/c1-2-10-11-8-9-6-4-3-5-7-9;5-3(6)1-2-4(7)8/h2-7H,8H2,1H3;1-2H,(H,5,6)(H,7,8). The van der Waals surface area contributed by atoms with Crippen LogP contribution >= 0.6 is 0 Å². The van der Waals surface area contributed by atoms with Crippen LogP contribution in [0.15, 0.2) is 47.6 Å². The molecule has 0 aliphatic rings. The Kier molecular flexibility index (Phi) is 9.06. The summed E-state index contributed by atoms with van der Waals surface area (Å²) in [4.78, 5) is 24.0. The fraction of sp³-hybridized carbons (Fsp3) is 0.154.